The fraction of sp³-hybridized carbons (Fsp3) is 0.500. The van der Waals surface area contributed by atoms with E-state index in [0.29, 0.717) is 17.6 Å². The first-order valence-electron chi connectivity index (χ1n) is 7.46. The van der Waals surface area contributed by atoms with E-state index in [0.717, 1.165) is 24.1 Å². The zero-order valence-electron chi connectivity index (χ0n) is 12.5. The lowest BCUT2D eigenvalue weighted by molar-refractivity contribution is -0.120. The van der Waals surface area contributed by atoms with Gasteiger partial charge in [0, 0.05) is 24.3 Å². The number of amides is 1. The van der Waals surface area contributed by atoms with Gasteiger partial charge in [-0.15, -0.1) is 0 Å². The van der Waals surface area contributed by atoms with Gasteiger partial charge >= 0.3 is 0 Å². The molecule has 0 aromatic heterocycles. The highest BCUT2D eigenvalue weighted by atomic mass is 32.1. The number of carbonyl (C=O) groups is 1. The van der Waals surface area contributed by atoms with Gasteiger partial charge in [0.25, 0.3) is 0 Å². The number of hydrogen-bond acceptors (Lipinski definition) is 3. The van der Waals surface area contributed by atoms with Crippen molar-refractivity contribution in [2.75, 3.05) is 18.5 Å². The van der Waals surface area contributed by atoms with Gasteiger partial charge in [0.05, 0.1) is 6.54 Å². The van der Waals surface area contributed by atoms with Crippen LogP contribution in [-0.2, 0) is 4.79 Å². The number of benzene rings is 1. The van der Waals surface area contributed by atoms with Crippen LogP contribution in [0.15, 0.2) is 24.3 Å². The van der Waals surface area contributed by atoms with Crippen LogP contribution in [-0.4, -0.2) is 30.5 Å². The monoisotopic (exact) mass is 305 g/mol. The number of carbonyl (C=O) groups excluding carboxylic acids is 1. The number of hydrogen-bond donors (Lipinski definition) is 2. The molecule has 1 saturated carbocycles. The first-order chi connectivity index (χ1) is 10.1. The molecule has 0 aliphatic heterocycles. The molecule has 1 aromatic rings. The van der Waals surface area contributed by atoms with Crippen molar-refractivity contribution in [3.63, 3.8) is 0 Å². The fourth-order valence-corrected chi connectivity index (χ4v) is 2.84. The molecule has 2 rings (SSSR count). The summed E-state index contributed by atoms with van der Waals surface area (Å²) in [5, 5.41) is 3.13. The van der Waals surface area contributed by atoms with Crippen LogP contribution in [0.1, 0.15) is 37.7 Å². The van der Waals surface area contributed by atoms with Crippen molar-refractivity contribution in [1.29, 1.82) is 0 Å². The minimum absolute atomic E-state index is 0.0859. The van der Waals surface area contributed by atoms with Gasteiger partial charge in [0.2, 0.25) is 5.91 Å². The summed E-state index contributed by atoms with van der Waals surface area (Å²) < 4.78 is 0. The van der Waals surface area contributed by atoms with Gasteiger partial charge in [-0.1, -0.05) is 31.5 Å². The Morgan fingerprint density at radius 3 is 2.48 bits per heavy atom. The van der Waals surface area contributed by atoms with Gasteiger partial charge in [-0.05, 0) is 37.1 Å². The molecule has 1 fully saturated rings. The standard InChI is InChI=1S/C16H23N3OS/c1-19(14-9-7-12(8-10-14)16(17)21)11-15(20)18-13-5-3-2-4-6-13/h7-10,13H,2-6,11H2,1H3,(H2,17,21)(H,18,20). The van der Waals surface area contributed by atoms with Crippen LogP contribution >= 0.6 is 12.2 Å². The van der Waals surface area contributed by atoms with Gasteiger partial charge < -0.3 is 16.0 Å². The molecule has 114 valence electrons. The molecule has 0 saturated heterocycles. The predicted molar refractivity (Wildman–Crippen MR) is 90.6 cm³/mol. The van der Waals surface area contributed by atoms with E-state index in [1.807, 2.05) is 36.2 Å². The fourth-order valence-electron chi connectivity index (χ4n) is 2.71. The van der Waals surface area contributed by atoms with Crippen LogP contribution in [0.5, 0.6) is 0 Å². The zero-order chi connectivity index (χ0) is 15.2. The number of nitrogens with zero attached hydrogens (tertiary/aromatic N) is 1. The van der Waals surface area contributed by atoms with E-state index in [2.05, 4.69) is 5.32 Å². The Hall–Kier alpha value is -1.62. The largest absolute Gasteiger partial charge is 0.389 e. The van der Waals surface area contributed by atoms with E-state index in [1.165, 1.54) is 19.3 Å². The maximum atomic E-state index is 12.1. The lowest BCUT2D eigenvalue weighted by Gasteiger charge is -2.25. The van der Waals surface area contributed by atoms with Crippen LogP contribution in [0, 0.1) is 0 Å². The van der Waals surface area contributed by atoms with Crippen molar-refractivity contribution in [1.82, 2.24) is 5.32 Å². The van der Waals surface area contributed by atoms with Gasteiger partial charge in [-0.2, -0.15) is 0 Å². The lowest BCUT2D eigenvalue weighted by atomic mass is 9.95. The lowest BCUT2D eigenvalue weighted by Crippen LogP contribution is -2.41. The minimum atomic E-state index is 0.0859. The van der Waals surface area contributed by atoms with E-state index in [-0.39, 0.29) is 5.91 Å². The number of rotatable bonds is 5. The second-order valence-corrected chi connectivity index (χ2v) is 6.11. The molecule has 0 bridgehead atoms. The highest BCUT2D eigenvalue weighted by molar-refractivity contribution is 7.80. The second-order valence-electron chi connectivity index (χ2n) is 5.67. The van der Waals surface area contributed by atoms with Crippen molar-refractivity contribution in [2.45, 2.75) is 38.1 Å². The molecule has 1 amide bonds. The van der Waals surface area contributed by atoms with Gasteiger partial charge in [0.15, 0.2) is 0 Å². The molecule has 1 aliphatic carbocycles. The summed E-state index contributed by atoms with van der Waals surface area (Å²) in [5.41, 5.74) is 7.40. The number of thiocarbonyl (C=S) groups is 1. The van der Waals surface area contributed by atoms with E-state index in [1.54, 1.807) is 0 Å². The molecule has 4 nitrogen and oxygen atoms in total. The predicted octanol–water partition coefficient (Wildman–Crippen LogP) is 2.21. The number of anilines is 1. The average Bonchev–Trinajstić information content (AvgIpc) is 2.48. The zero-order valence-corrected chi connectivity index (χ0v) is 13.3. The molecule has 3 N–H and O–H groups in total. The Morgan fingerprint density at radius 1 is 1.29 bits per heavy atom. The normalized spacial score (nSPS) is 15.5. The second kappa shape index (κ2) is 7.41. The van der Waals surface area contributed by atoms with Crippen LogP contribution < -0.4 is 16.0 Å². The molecule has 5 heteroatoms. The highest BCUT2D eigenvalue weighted by Gasteiger charge is 2.16. The Bertz CT molecular complexity index is 495. The summed E-state index contributed by atoms with van der Waals surface area (Å²) >= 11 is 4.93. The molecule has 0 heterocycles. The maximum Gasteiger partial charge on any atom is 0.239 e. The topological polar surface area (TPSA) is 58.4 Å². The molecule has 0 unspecified atom stereocenters. The van der Waals surface area contributed by atoms with Gasteiger partial charge in [-0.3, -0.25) is 4.79 Å². The van der Waals surface area contributed by atoms with Crippen LogP contribution in [0.25, 0.3) is 0 Å². The maximum absolute atomic E-state index is 12.1. The van der Waals surface area contributed by atoms with Crippen LogP contribution in [0.2, 0.25) is 0 Å². The van der Waals surface area contributed by atoms with E-state index in [9.17, 15) is 4.79 Å². The van der Waals surface area contributed by atoms with Crippen molar-refractivity contribution in [2.24, 2.45) is 5.73 Å². The summed E-state index contributed by atoms with van der Waals surface area (Å²) in [4.78, 5) is 14.4. The van der Waals surface area contributed by atoms with Crippen LogP contribution in [0.4, 0.5) is 5.69 Å². The Kier molecular flexibility index (Phi) is 5.56. The molecule has 0 radical (unpaired) electrons. The van der Waals surface area contributed by atoms with Crippen molar-refractivity contribution >= 4 is 28.8 Å². The summed E-state index contributed by atoms with van der Waals surface area (Å²) in [5.74, 6) is 0.0859. The summed E-state index contributed by atoms with van der Waals surface area (Å²) in [6.45, 7) is 0.364. The highest BCUT2D eigenvalue weighted by Crippen LogP contribution is 2.18. The first kappa shape index (κ1) is 15.8. The van der Waals surface area contributed by atoms with Gasteiger partial charge in [0.1, 0.15) is 4.99 Å². The third kappa shape index (κ3) is 4.70. The quantitative estimate of drug-likeness (QED) is 0.819. The minimum Gasteiger partial charge on any atom is -0.389 e. The number of nitrogens with two attached hydrogens (primary N) is 1. The molecule has 1 aromatic carbocycles. The Balaban J connectivity index is 1.86. The van der Waals surface area contributed by atoms with Crippen molar-refractivity contribution in [3.05, 3.63) is 29.8 Å². The summed E-state index contributed by atoms with van der Waals surface area (Å²) in [6.07, 6.45) is 5.96. The third-order valence-electron chi connectivity index (χ3n) is 3.94. The smallest absolute Gasteiger partial charge is 0.239 e. The Morgan fingerprint density at radius 2 is 1.90 bits per heavy atom. The van der Waals surface area contributed by atoms with E-state index < -0.39 is 0 Å². The summed E-state index contributed by atoms with van der Waals surface area (Å²) in [7, 11) is 1.91. The molecule has 0 spiro atoms. The molecular weight excluding hydrogens is 282 g/mol. The number of likely N-dealkylation sites (N-methyl/N-ethyl adjacent to an activating group) is 1. The van der Waals surface area contributed by atoms with Crippen LogP contribution in [0.3, 0.4) is 0 Å². The first-order valence-corrected chi connectivity index (χ1v) is 7.87. The number of nitrogens with one attached hydrogen (secondary N) is 1. The van der Waals surface area contributed by atoms with E-state index >= 15 is 0 Å². The average molecular weight is 305 g/mol. The Labute approximate surface area is 131 Å². The van der Waals surface area contributed by atoms with E-state index in [4.69, 9.17) is 18.0 Å². The summed E-state index contributed by atoms with van der Waals surface area (Å²) in [6, 6.07) is 7.99. The molecule has 0 atom stereocenters. The molecule has 1 aliphatic rings. The van der Waals surface area contributed by atoms with Gasteiger partial charge in [-0.25, -0.2) is 0 Å². The van der Waals surface area contributed by atoms with Crippen molar-refractivity contribution in [3.8, 4) is 0 Å². The molecular formula is C16H23N3OS. The van der Waals surface area contributed by atoms with Crippen molar-refractivity contribution < 1.29 is 4.79 Å². The SMILES string of the molecule is CN(CC(=O)NC1CCCCC1)c1ccc(C(N)=S)cc1. The third-order valence-corrected chi connectivity index (χ3v) is 4.18. The molecule has 21 heavy (non-hydrogen) atoms.